The van der Waals surface area contributed by atoms with Gasteiger partial charge in [0.1, 0.15) is 10.7 Å². The number of amides is 1. The molecule has 2 aromatic rings. The molecule has 0 heterocycles. The maximum Gasteiger partial charge on any atom is 0.239 e. The Morgan fingerprint density at radius 2 is 1.65 bits per heavy atom. The fraction of sp³-hybridized carbons (Fsp3) is 0.125. The zero-order chi connectivity index (χ0) is 16.9. The van der Waals surface area contributed by atoms with Gasteiger partial charge < -0.3 is 11.1 Å². The molecule has 2 rings (SSSR count). The SMILES string of the molecule is NC(=S)c1ccccc1CS(=O)(=O)CC(=O)Nc1ccccc1. The topological polar surface area (TPSA) is 89.3 Å². The minimum absolute atomic E-state index is 0.129. The maximum absolute atomic E-state index is 12.2. The van der Waals surface area contributed by atoms with Crippen LogP contribution < -0.4 is 11.1 Å². The molecule has 0 aliphatic rings. The number of carbonyl (C=O) groups excluding carboxylic acids is 1. The van der Waals surface area contributed by atoms with Crippen LogP contribution in [0.2, 0.25) is 0 Å². The van der Waals surface area contributed by atoms with E-state index >= 15 is 0 Å². The third kappa shape index (κ3) is 5.15. The summed E-state index contributed by atoms with van der Waals surface area (Å²) in [7, 11) is -3.64. The number of benzene rings is 2. The average molecular weight is 348 g/mol. The van der Waals surface area contributed by atoms with Gasteiger partial charge in [0.05, 0.1) is 5.75 Å². The highest BCUT2D eigenvalue weighted by Gasteiger charge is 2.19. The molecule has 0 bridgehead atoms. The zero-order valence-electron chi connectivity index (χ0n) is 12.2. The first-order chi connectivity index (χ1) is 10.9. The lowest BCUT2D eigenvalue weighted by molar-refractivity contribution is -0.113. The molecule has 0 aliphatic heterocycles. The number of anilines is 1. The molecule has 2 aromatic carbocycles. The zero-order valence-corrected chi connectivity index (χ0v) is 13.9. The molecule has 7 heteroatoms. The van der Waals surface area contributed by atoms with E-state index < -0.39 is 21.5 Å². The van der Waals surface area contributed by atoms with Gasteiger partial charge in [-0.2, -0.15) is 0 Å². The van der Waals surface area contributed by atoms with E-state index in [-0.39, 0.29) is 10.7 Å². The van der Waals surface area contributed by atoms with Gasteiger partial charge in [0.25, 0.3) is 0 Å². The molecule has 0 unspecified atom stereocenters. The molecule has 1 amide bonds. The number of sulfone groups is 1. The van der Waals surface area contributed by atoms with Crippen molar-refractivity contribution in [1.82, 2.24) is 0 Å². The summed E-state index contributed by atoms with van der Waals surface area (Å²) < 4.78 is 24.5. The van der Waals surface area contributed by atoms with E-state index in [9.17, 15) is 13.2 Å². The average Bonchev–Trinajstić information content (AvgIpc) is 2.47. The van der Waals surface area contributed by atoms with Crippen molar-refractivity contribution in [3.63, 3.8) is 0 Å². The predicted molar refractivity (Wildman–Crippen MR) is 94.9 cm³/mol. The summed E-state index contributed by atoms with van der Waals surface area (Å²) in [5.41, 5.74) is 7.15. The van der Waals surface area contributed by atoms with Gasteiger partial charge in [0.15, 0.2) is 9.84 Å². The molecule has 0 atom stereocenters. The van der Waals surface area contributed by atoms with Gasteiger partial charge in [-0.05, 0) is 17.7 Å². The molecule has 0 spiro atoms. The summed E-state index contributed by atoms with van der Waals surface area (Å²) in [6.45, 7) is 0. The van der Waals surface area contributed by atoms with Crippen LogP contribution in [0.15, 0.2) is 54.6 Å². The fourth-order valence-electron chi connectivity index (χ4n) is 2.09. The third-order valence-corrected chi connectivity index (χ3v) is 4.74. The van der Waals surface area contributed by atoms with Gasteiger partial charge in [-0.1, -0.05) is 54.7 Å². The largest absolute Gasteiger partial charge is 0.389 e. The molecule has 120 valence electrons. The summed E-state index contributed by atoms with van der Waals surface area (Å²) in [6.07, 6.45) is 0. The van der Waals surface area contributed by atoms with E-state index in [0.717, 1.165) is 0 Å². The molecule has 0 aliphatic carbocycles. The Morgan fingerprint density at radius 1 is 1.04 bits per heavy atom. The number of carbonyl (C=O) groups is 1. The first kappa shape index (κ1) is 17.1. The van der Waals surface area contributed by atoms with Crippen molar-refractivity contribution in [3.05, 3.63) is 65.7 Å². The molecule has 3 N–H and O–H groups in total. The number of nitrogens with one attached hydrogen (secondary N) is 1. The minimum atomic E-state index is -3.64. The van der Waals surface area contributed by atoms with Crippen molar-refractivity contribution >= 4 is 38.6 Å². The Bertz CT molecular complexity index is 818. The van der Waals surface area contributed by atoms with Crippen molar-refractivity contribution in [3.8, 4) is 0 Å². The number of nitrogens with two attached hydrogens (primary N) is 1. The normalized spacial score (nSPS) is 11.0. The van der Waals surface area contributed by atoms with E-state index in [0.29, 0.717) is 16.8 Å². The lowest BCUT2D eigenvalue weighted by Crippen LogP contribution is -2.24. The summed E-state index contributed by atoms with van der Waals surface area (Å²) >= 11 is 4.92. The van der Waals surface area contributed by atoms with E-state index in [1.54, 1.807) is 54.6 Å². The number of hydrogen-bond donors (Lipinski definition) is 2. The Morgan fingerprint density at radius 3 is 2.30 bits per heavy atom. The Kier molecular flexibility index (Phi) is 5.46. The van der Waals surface area contributed by atoms with Crippen LogP contribution in [-0.2, 0) is 20.4 Å². The monoisotopic (exact) mass is 348 g/mol. The first-order valence-corrected chi connectivity index (χ1v) is 9.03. The van der Waals surface area contributed by atoms with Crippen LogP contribution in [0.3, 0.4) is 0 Å². The number of thiocarbonyl (C=S) groups is 1. The summed E-state index contributed by atoms with van der Waals surface area (Å²) in [5.74, 6) is -1.47. The van der Waals surface area contributed by atoms with Crippen LogP contribution in [0.5, 0.6) is 0 Å². The molecule has 0 aromatic heterocycles. The number of hydrogen-bond acceptors (Lipinski definition) is 4. The molecule has 0 radical (unpaired) electrons. The molecular weight excluding hydrogens is 332 g/mol. The van der Waals surface area contributed by atoms with Crippen molar-refractivity contribution in [1.29, 1.82) is 0 Å². The molecule has 0 fully saturated rings. The summed E-state index contributed by atoms with van der Waals surface area (Å²) in [6, 6.07) is 15.4. The third-order valence-electron chi connectivity index (χ3n) is 3.07. The van der Waals surface area contributed by atoms with Crippen molar-refractivity contribution < 1.29 is 13.2 Å². The smallest absolute Gasteiger partial charge is 0.239 e. The highest BCUT2D eigenvalue weighted by atomic mass is 32.2. The van der Waals surface area contributed by atoms with Gasteiger partial charge in [-0.15, -0.1) is 0 Å². The quantitative estimate of drug-likeness (QED) is 0.778. The van der Waals surface area contributed by atoms with E-state index in [1.165, 1.54) is 0 Å². The Balaban J connectivity index is 2.08. The highest BCUT2D eigenvalue weighted by molar-refractivity contribution is 7.91. The number of para-hydroxylation sites is 1. The maximum atomic E-state index is 12.2. The van der Waals surface area contributed by atoms with Gasteiger partial charge >= 0.3 is 0 Å². The fourth-order valence-corrected chi connectivity index (χ4v) is 3.59. The molecule has 0 saturated heterocycles. The van der Waals surface area contributed by atoms with Crippen LogP contribution >= 0.6 is 12.2 Å². The van der Waals surface area contributed by atoms with Crippen LogP contribution in [0.1, 0.15) is 11.1 Å². The second-order valence-corrected chi connectivity index (χ2v) is 7.47. The lowest BCUT2D eigenvalue weighted by atomic mass is 10.1. The number of rotatable bonds is 6. The van der Waals surface area contributed by atoms with Gasteiger partial charge in [-0.25, -0.2) is 8.42 Å². The standard InChI is InChI=1S/C16H16N2O3S2/c17-16(22)14-9-5-4-6-12(14)10-23(20,21)11-15(19)18-13-7-2-1-3-8-13/h1-9H,10-11H2,(H2,17,22)(H,18,19). The van der Waals surface area contributed by atoms with Crippen molar-refractivity contribution in [2.24, 2.45) is 5.73 Å². The molecular formula is C16H16N2O3S2. The second-order valence-electron chi connectivity index (χ2n) is 4.97. The van der Waals surface area contributed by atoms with E-state index in [2.05, 4.69) is 5.32 Å². The first-order valence-electron chi connectivity index (χ1n) is 6.80. The van der Waals surface area contributed by atoms with Crippen LogP contribution in [-0.4, -0.2) is 25.1 Å². The molecule has 5 nitrogen and oxygen atoms in total. The van der Waals surface area contributed by atoms with E-state index in [4.69, 9.17) is 18.0 Å². The van der Waals surface area contributed by atoms with Gasteiger partial charge in [0, 0.05) is 11.3 Å². The lowest BCUT2D eigenvalue weighted by Gasteiger charge is -2.09. The van der Waals surface area contributed by atoms with Crippen LogP contribution in [0.25, 0.3) is 0 Å². The predicted octanol–water partition coefficient (Wildman–Crippen LogP) is 1.87. The van der Waals surface area contributed by atoms with E-state index in [1.807, 2.05) is 0 Å². The van der Waals surface area contributed by atoms with Gasteiger partial charge in [-0.3, -0.25) is 4.79 Å². The van der Waals surface area contributed by atoms with Crippen molar-refractivity contribution in [2.75, 3.05) is 11.1 Å². The van der Waals surface area contributed by atoms with Gasteiger partial charge in [0.2, 0.25) is 5.91 Å². The summed E-state index contributed by atoms with van der Waals surface area (Å²) in [4.78, 5) is 12.0. The molecule has 23 heavy (non-hydrogen) atoms. The second kappa shape index (κ2) is 7.34. The van der Waals surface area contributed by atoms with Crippen molar-refractivity contribution in [2.45, 2.75) is 5.75 Å². The Labute approximate surface area is 140 Å². The summed E-state index contributed by atoms with van der Waals surface area (Å²) in [5, 5.41) is 2.55. The van der Waals surface area contributed by atoms with Crippen LogP contribution in [0, 0.1) is 0 Å². The molecule has 0 saturated carbocycles. The van der Waals surface area contributed by atoms with Crippen LogP contribution in [0.4, 0.5) is 5.69 Å². The Hall–Kier alpha value is -2.25. The highest BCUT2D eigenvalue weighted by Crippen LogP contribution is 2.14. The minimum Gasteiger partial charge on any atom is -0.389 e.